The van der Waals surface area contributed by atoms with Crippen LogP contribution in [0.3, 0.4) is 0 Å². The SMILES string of the molecule is O=S(c1ccccc1)n1cc(CN(CCCCNC2CCCCC2)Cc2cn(S(=O)(=O)c3ccccc3)c3ccccc23)c2ccccc21.P.[HH]. The zero-order chi connectivity index (χ0) is 33.6. The Morgan fingerprint density at radius 3 is 2.00 bits per heavy atom. The molecule has 0 radical (unpaired) electrons. The van der Waals surface area contributed by atoms with Crippen molar-refractivity contribution in [3.63, 3.8) is 0 Å². The summed E-state index contributed by atoms with van der Waals surface area (Å²) in [5, 5.41) is 5.79. The standard InChI is InChI=1S/C40H44N4O3S2.H3P.H2/c45-48(35-18-6-2-7-19-35)43-30-32(37-22-10-12-24-39(37)43)28-42(27-15-14-26-41-34-16-4-1-5-17-34)29-33-31-44(40-25-13-11-23-38(33)40)49(46,47)36-20-8-3-9-21-36;;/h2-3,6-13,18-25,30-31,34,41H,1,4-5,14-17,26-29H2;1H3;1H. The van der Waals surface area contributed by atoms with Crippen molar-refractivity contribution in [2.45, 2.75) is 73.9 Å². The maximum absolute atomic E-state index is 13.9. The van der Waals surface area contributed by atoms with E-state index in [9.17, 15) is 12.6 Å². The quantitative estimate of drug-likeness (QED) is 0.0901. The minimum absolute atomic E-state index is 0. The van der Waals surface area contributed by atoms with Crippen LogP contribution in [0.5, 0.6) is 0 Å². The Morgan fingerprint density at radius 2 is 1.30 bits per heavy atom. The third kappa shape index (κ3) is 7.98. The van der Waals surface area contributed by atoms with Crippen LogP contribution >= 0.6 is 9.90 Å². The molecule has 2 atom stereocenters. The van der Waals surface area contributed by atoms with E-state index in [1.165, 1.54) is 36.1 Å². The van der Waals surface area contributed by atoms with Gasteiger partial charge in [0.2, 0.25) is 0 Å². The van der Waals surface area contributed by atoms with E-state index in [4.69, 9.17) is 0 Å². The maximum atomic E-state index is 13.9. The predicted molar refractivity (Wildman–Crippen MR) is 213 cm³/mol. The lowest BCUT2D eigenvalue weighted by atomic mass is 9.95. The molecule has 0 spiro atoms. The van der Waals surface area contributed by atoms with Gasteiger partial charge in [-0.15, -0.1) is 0 Å². The summed E-state index contributed by atoms with van der Waals surface area (Å²) in [4.78, 5) is 3.44. The van der Waals surface area contributed by atoms with Crippen LogP contribution in [0.15, 0.2) is 131 Å². The van der Waals surface area contributed by atoms with E-state index in [1.807, 2.05) is 89.0 Å². The van der Waals surface area contributed by atoms with Crippen LogP contribution in [0.2, 0.25) is 0 Å². The zero-order valence-corrected chi connectivity index (χ0v) is 31.5. The number of aromatic nitrogens is 2. The van der Waals surface area contributed by atoms with Crippen LogP contribution in [-0.2, 0) is 34.1 Å². The molecule has 1 aliphatic carbocycles. The van der Waals surface area contributed by atoms with E-state index in [2.05, 4.69) is 16.3 Å². The van der Waals surface area contributed by atoms with Gasteiger partial charge in [0.25, 0.3) is 10.0 Å². The molecule has 0 saturated heterocycles. The molecule has 2 heterocycles. The average Bonchev–Trinajstić information content (AvgIpc) is 3.71. The molecule has 1 aliphatic rings. The molecule has 0 aliphatic heterocycles. The molecule has 1 N–H and O–H groups in total. The molecule has 0 amide bonds. The van der Waals surface area contributed by atoms with Gasteiger partial charge in [-0.3, -0.25) is 8.87 Å². The summed E-state index contributed by atoms with van der Waals surface area (Å²) in [5.74, 6) is 0. The lowest BCUT2D eigenvalue weighted by molar-refractivity contribution is 0.251. The topological polar surface area (TPSA) is 76.3 Å². The van der Waals surface area contributed by atoms with E-state index >= 15 is 0 Å². The van der Waals surface area contributed by atoms with Gasteiger partial charge < -0.3 is 5.32 Å². The first-order valence-electron chi connectivity index (χ1n) is 17.4. The Morgan fingerprint density at radius 1 is 0.720 bits per heavy atom. The molecule has 7 nitrogen and oxygen atoms in total. The fraction of sp³-hybridized carbons (Fsp3) is 0.300. The minimum atomic E-state index is -3.78. The molecular weight excluding hydrogens is 680 g/mol. The van der Waals surface area contributed by atoms with Crippen molar-refractivity contribution in [2.24, 2.45) is 0 Å². The second-order valence-corrected chi connectivity index (χ2v) is 16.2. The van der Waals surface area contributed by atoms with Gasteiger partial charge in [0.05, 0.1) is 20.8 Å². The summed E-state index contributed by atoms with van der Waals surface area (Å²) in [6, 6.07) is 34.8. The fourth-order valence-electron chi connectivity index (χ4n) is 7.15. The summed E-state index contributed by atoms with van der Waals surface area (Å²) in [6.07, 6.45) is 12.5. The van der Waals surface area contributed by atoms with E-state index in [-0.39, 0.29) is 16.2 Å². The monoisotopic (exact) mass is 728 g/mol. The normalized spacial score (nSPS) is 14.7. The highest BCUT2D eigenvalue weighted by atomic mass is 32.2. The molecule has 264 valence electrons. The van der Waals surface area contributed by atoms with Gasteiger partial charge in [0.1, 0.15) is 0 Å². The molecular formula is C40H49N4O3PS2. The van der Waals surface area contributed by atoms with Gasteiger partial charge in [-0.05, 0) is 86.3 Å². The van der Waals surface area contributed by atoms with Gasteiger partial charge in [0, 0.05) is 43.7 Å². The first kappa shape index (κ1) is 36.2. The number of unbranched alkanes of at least 4 members (excludes halogenated alkanes) is 1. The number of nitrogens with one attached hydrogen (secondary N) is 1. The highest BCUT2D eigenvalue weighted by Crippen LogP contribution is 2.30. The molecule has 2 aromatic heterocycles. The second-order valence-electron chi connectivity index (χ2n) is 13.1. The Labute approximate surface area is 303 Å². The molecule has 7 rings (SSSR count). The van der Waals surface area contributed by atoms with Crippen molar-refractivity contribution in [3.8, 4) is 0 Å². The van der Waals surface area contributed by atoms with Crippen LogP contribution < -0.4 is 5.32 Å². The van der Waals surface area contributed by atoms with Gasteiger partial charge in [-0.2, -0.15) is 9.90 Å². The van der Waals surface area contributed by atoms with Crippen molar-refractivity contribution in [3.05, 3.63) is 133 Å². The first-order chi connectivity index (χ1) is 24.0. The van der Waals surface area contributed by atoms with E-state index in [0.29, 0.717) is 24.6 Å². The second kappa shape index (κ2) is 16.6. The summed E-state index contributed by atoms with van der Waals surface area (Å²) < 4.78 is 44.8. The van der Waals surface area contributed by atoms with Crippen LogP contribution in [0.1, 0.15) is 57.5 Å². The van der Waals surface area contributed by atoms with Crippen molar-refractivity contribution < 1.29 is 14.1 Å². The molecule has 4 aromatic carbocycles. The van der Waals surface area contributed by atoms with Gasteiger partial charge >= 0.3 is 0 Å². The number of hydrogen-bond donors (Lipinski definition) is 1. The van der Waals surface area contributed by atoms with Crippen molar-refractivity contribution in [2.75, 3.05) is 13.1 Å². The van der Waals surface area contributed by atoms with Gasteiger partial charge in [0.15, 0.2) is 11.0 Å². The van der Waals surface area contributed by atoms with E-state index < -0.39 is 21.0 Å². The molecule has 50 heavy (non-hydrogen) atoms. The molecule has 1 fully saturated rings. The third-order valence-corrected chi connectivity index (χ3v) is 12.7. The van der Waals surface area contributed by atoms with Crippen LogP contribution in [-0.4, -0.2) is 44.6 Å². The summed E-state index contributed by atoms with van der Waals surface area (Å²) in [6.45, 7) is 3.07. The third-order valence-electron chi connectivity index (χ3n) is 9.67. The zero-order valence-electron chi connectivity index (χ0n) is 28.5. The van der Waals surface area contributed by atoms with Gasteiger partial charge in [-0.25, -0.2) is 16.6 Å². The number of rotatable bonds is 14. The van der Waals surface area contributed by atoms with Crippen LogP contribution in [0, 0.1) is 0 Å². The summed E-state index contributed by atoms with van der Waals surface area (Å²) >= 11 is 0. The Balaban J connectivity index is 0.00000252. The van der Waals surface area contributed by atoms with Crippen molar-refractivity contribution >= 4 is 52.7 Å². The summed E-state index contributed by atoms with van der Waals surface area (Å²) in [7, 11) is -5.17. The molecule has 0 bridgehead atoms. The Hall–Kier alpha value is -3.59. The first-order valence-corrected chi connectivity index (χ1v) is 20.0. The smallest absolute Gasteiger partial charge is 0.268 e. The largest absolute Gasteiger partial charge is 0.314 e. The number of fused-ring (bicyclic) bond motifs is 2. The molecule has 6 aromatic rings. The highest BCUT2D eigenvalue weighted by Gasteiger charge is 2.23. The average molecular weight is 729 g/mol. The van der Waals surface area contributed by atoms with Crippen LogP contribution in [0.25, 0.3) is 21.8 Å². The van der Waals surface area contributed by atoms with Crippen LogP contribution in [0.4, 0.5) is 0 Å². The maximum Gasteiger partial charge on any atom is 0.268 e. The van der Waals surface area contributed by atoms with Gasteiger partial charge in [-0.1, -0.05) is 92.1 Å². The predicted octanol–water partition coefficient (Wildman–Crippen LogP) is 8.41. The van der Waals surface area contributed by atoms with E-state index in [0.717, 1.165) is 58.2 Å². The number of hydrogen-bond acceptors (Lipinski definition) is 5. The van der Waals surface area contributed by atoms with Crippen molar-refractivity contribution in [1.29, 1.82) is 0 Å². The minimum Gasteiger partial charge on any atom is -0.314 e. The lowest BCUT2D eigenvalue weighted by Gasteiger charge is -2.24. The Kier molecular flexibility index (Phi) is 12.0. The highest BCUT2D eigenvalue weighted by molar-refractivity contribution is 7.90. The molecule has 10 heteroatoms. The number of nitrogens with zero attached hydrogens (tertiary/aromatic N) is 3. The fourth-order valence-corrected chi connectivity index (χ4v) is 9.74. The molecule has 1 saturated carbocycles. The Bertz CT molecular complexity index is 2150. The lowest BCUT2D eigenvalue weighted by Crippen LogP contribution is -2.32. The summed E-state index contributed by atoms with van der Waals surface area (Å²) in [5.41, 5.74) is 3.67. The number of para-hydroxylation sites is 2. The molecule has 2 unspecified atom stereocenters. The number of benzene rings is 4. The van der Waals surface area contributed by atoms with E-state index in [1.54, 1.807) is 30.5 Å². The van der Waals surface area contributed by atoms with Crippen molar-refractivity contribution in [1.82, 2.24) is 18.2 Å².